The molecule has 0 saturated carbocycles. The van der Waals surface area contributed by atoms with E-state index in [1.165, 1.54) is 6.07 Å². The van der Waals surface area contributed by atoms with Crippen molar-refractivity contribution >= 4 is 0 Å². The highest BCUT2D eigenvalue weighted by atomic mass is 16.3. The van der Waals surface area contributed by atoms with E-state index >= 15 is 0 Å². The lowest BCUT2D eigenvalue weighted by atomic mass is 10.3. The molecule has 0 radical (unpaired) electrons. The van der Waals surface area contributed by atoms with Crippen LogP contribution in [-0.2, 0) is 13.2 Å². The lowest BCUT2D eigenvalue weighted by Crippen LogP contribution is -2.12. The number of rotatable bonds is 3. The topological polar surface area (TPSA) is 83.8 Å². The molecule has 0 spiro atoms. The van der Waals surface area contributed by atoms with E-state index in [-0.39, 0.29) is 18.0 Å². The summed E-state index contributed by atoms with van der Waals surface area (Å²) in [6.07, 6.45) is 1.65. The zero-order valence-corrected chi connectivity index (χ0v) is 8.84. The maximum Gasteiger partial charge on any atom is 0.251 e. The summed E-state index contributed by atoms with van der Waals surface area (Å²) in [5.74, 6) is 0.256. The average Bonchev–Trinajstić information content (AvgIpc) is 2.76. The van der Waals surface area contributed by atoms with Crippen molar-refractivity contribution < 1.29 is 5.11 Å². The third-order valence-corrected chi connectivity index (χ3v) is 2.22. The van der Waals surface area contributed by atoms with Gasteiger partial charge in [0.2, 0.25) is 0 Å². The van der Waals surface area contributed by atoms with Crippen molar-refractivity contribution in [1.82, 2.24) is 19.7 Å². The Bertz CT molecular complexity index is 544. The molecule has 0 fully saturated rings. The Morgan fingerprint density at radius 3 is 3.06 bits per heavy atom. The summed E-state index contributed by atoms with van der Waals surface area (Å²) in [7, 11) is 0. The van der Waals surface area contributed by atoms with Gasteiger partial charge in [0.25, 0.3) is 5.56 Å². The van der Waals surface area contributed by atoms with Gasteiger partial charge >= 0.3 is 0 Å². The average molecular weight is 220 g/mol. The summed E-state index contributed by atoms with van der Waals surface area (Å²) < 4.78 is 1.74. The number of H-pyrrole nitrogens is 1. The van der Waals surface area contributed by atoms with Gasteiger partial charge in [-0.3, -0.25) is 9.48 Å². The fourth-order valence-electron chi connectivity index (χ4n) is 1.52. The van der Waals surface area contributed by atoms with Gasteiger partial charge in [-0.15, -0.1) is 0 Å². The van der Waals surface area contributed by atoms with Crippen LogP contribution in [0.3, 0.4) is 0 Å². The minimum Gasteiger partial charge on any atom is -0.388 e. The van der Waals surface area contributed by atoms with Crippen molar-refractivity contribution in [2.45, 2.75) is 20.1 Å². The third kappa shape index (κ3) is 1.87. The molecule has 84 valence electrons. The van der Waals surface area contributed by atoms with Crippen LogP contribution in [0.5, 0.6) is 0 Å². The first-order valence-electron chi connectivity index (χ1n) is 4.98. The number of nitrogens with zero attached hydrogens (tertiary/aromatic N) is 3. The molecule has 2 aromatic rings. The Kier molecular flexibility index (Phi) is 2.82. The van der Waals surface area contributed by atoms with E-state index in [1.54, 1.807) is 16.9 Å². The molecular formula is C10H12N4O2. The molecule has 0 atom stereocenters. The molecule has 2 aromatic heterocycles. The molecule has 16 heavy (non-hydrogen) atoms. The van der Waals surface area contributed by atoms with Crippen molar-refractivity contribution in [1.29, 1.82) is 0 Å². The van der Waals surface area contributed by atoms with Crippen LogP contribution in [0.1, 0.15) is 12.7 Å². The van der Waals surface area contributed by atoms with E-state index in [0.717, 1.165) is 5.69 Å². The largest absolute Gasteiger partial charge is 0.388 e. The fourth-order valence-corrected chi connectivity index (χ4v) is 1.52. The number of aromatic nitrogens is 4. The number of nitrogens with one attached hydrogen (secondary N) is 1. The normalized spacial score (nSPS) is 10.6. The maximum absolute atomic E-state index is 11.3. The Balaban J connectivity index is 2.55. The predicted molar refractivity (Wildman–Crippen MR) is 57.7 cm³/mol. The SMILES string of the molecule is CCn1nccc1-c1cc(=O)[nH]c(CO)n1. The molecule has 0 aliphatic heterocycles. The summed E-state index contributed by atoms with van der Waals surface area (Å²) in [5, 5.41) is 13.1. The molecule has 2 N–H and O–H groups in total. The molecule has 0 unspecified atom stereocenters. The van der Waals surface area contributed by atoms with Gasteiger partial charge in [-0.1, -0.05) is 0 Å². The highest BCUT2D eigenvalue weighted by Crippen LogP contribution is 2.14. The Morgan fingerprint density at radius 2 is 2.38 bits per heavy atom. The summed E-state index contributed by atoms with van der Waals surface area (Å²) in [6, 6.07) is 3.18. The van der Waals surface area contributed by atoms with E-state index in [4.69, 9.17) is 5.11 Å². The minimum absolute atomic E-state index is 0.256. The second kappa shape index (κ2) is 4.28. The molecule has 0 aliphatic rings. The molecule has 0 saturated heterocycles. The van der Waals surface area contributed by atoms with Gasteiger partial charge in [0, 0.05) is 18.8 Å². The summed E-state index contributed by atoms with van der Waals surface area (Å²) >= 11 is 0. The van der Waals surface area contributed by atoms with Gasteiger partial charge in [0.05, 0.1) is 11.4 Å². The standard InChI is InChI=1S/C10H12N4O2/c1-2-14-8(3-4-11-14)7-5-10(16)13-9(6-15)12-7/h3-5,15H,2,6H2,1H3,(H,12,13,16). The van der Waals surface area contributed by atoms with Gasteiger partial charge in [-0.2, -0.15) is 5.10 Å². The van der Waals surface area contributed by atoms with E-state index in [2.05, 4.69) is 15.1 Å². The van der Waals surface area contributed by atoms with Crippen molar-refractivity contribution in [2.24, 2.45) is 0 Å². The van der Waals surface area contributed by atoms with Crippen LogP contribution in [0.25, 0.3) is 11.4 Å². The molecule has 0 amide bonds. The van der Waals surface area contributed by atoms with Gasteiger partial charge in [-0.25, -0.2) is 4.98 Å². The van der Waals surface area contributed by atoms with E-state index in [9.17, 15) is 4.79 Å². The number of aromatic amines is 1. The summed E-state index contributed by atoms with van der Waals surface area (Å²) in [6.45, 7) is 2.37. The van der Waals surface area contributed by atoms with Gasteiger partial charge in [-0.05, 0) is 13.0 Å². The van der Waals surface area contributed by atoms with E-state index in [1.807, 2.05) is 6.92 Å². The maximum atomic E-state index is 11.3. The number of hydrogen-bond donors (Lipinski definition) is 2. The minimum atomic E-state index is -0.288. The Labute approximate surface area is 91.6 Å². The van der Waals surface area contributed by atoms with Gasteiger partial charge in [0.15, 0.2) is 0 Å². The summed E-state index contributed by atoms with van der Waals surface area (Å²) in [5.41, 5.74) is 1.01. The Hall–Kier alpha value is -1.95. The first kappa shape index (κ1) is 10.6. The molecule has 2 rings (SSSR count). The van der Waals surface area contributed by atoms with Crippen molar-refractivity contribution in [3.63, 3.8) is 0 Å². The molecule has 6 nitrogen and oxygen atoms in total. The van der Waals surface area contributed by atoms with Crippen molar-refractivity contribution in [3.05, 3.63) is 34.5 Å². The fraction of sp³-hybridized carbons (Fsp3) is 0.300. The highest BCUT2D eigenvalue weighted by molar-refractivity contribution is 5.53. The van der Waals surface area contributed by atoms with Crippen molar-refractivity contribution in [2.75, 3.05) is 0 Å². The number of aliphatic hydroxyl groups excluding tert-OH is 1. The van der Waals surface area contributed by atoms with Gasteiger partial charge in [0.1, 0.15) is 12.4 Å². The summed E-state index contributed by atoms with van der Waals surface area (Å²) in [4.78, 5) is 17.9. The van der Waals surface area contributed by atoms with Crippen molar-refractivity contribution in [3.8, 4) is 11.4 Å². The lowest BCUT2D eigenvalue weighted by Gasteiger charge is -2.04. The van der Waals surface area contributed by atoms with Gasteiger partial charge < -0.3 is 10.1 Å². The van der Waals surface area contributed by atoms with Crippen LogP contribution in [0, 0.1) is 0 Å². The first-order valence-corrected chi connectivity index (χ1v) is 4.98. The number of hydrogen-bond acceptors (Lipinski definition) is 4. The molecule has 0 bridgehead atoms. The van der Waals surface area contributed by atoms with E-state index < -0.39 is 0 Å². The second-order valence-corrected chi connectivity index (χ2v) is 3.27. The molecule has 2 heterocycles. The lowest BCUT2D eigenvalue weighted by molar-refractivity contribution is 0.271. The first-order chi connectivity index (χ1) is 7.74. The molecule has 0 aromatic carbocycles. The van der Waals surface area contributed by atoms with E-state index in [0.29, 0.717) is 12.2 Å². The molecule has 6 heteroatoms. The van der Waals surface area contributed by atoms with Crippen LogP contribution >= 0.6 is 0 Å². The van der Waals surface area contributed by atoms with Crippen LogP contribution in [0.4, 0.5) is 0 Å². The number of aliphatic hydroxyl groups is 1. The molecule has 0 aliphatic carbocycles. The zero-order chi connectivity index (χ0) is 11.5. The zero-order valence-electron chi connectivity index (χ0n) is 8.84. The highest BCUT2D eigenvalue weighted by Gasteiger charge is 2.07. The number of aryl methyl sites for hydroxylation is 1. The monoisotopic (exact) mass is 220 g/mol. The second-order valence-electron chi connectivity index (χ2n) is 3.27. The Morgan fingerprint density at radius 1 is 1.56 bits per heavy atom. The third-order valence-electron chi connectivity index (χ3n) is 2.22. The van der Waals surface area contributed by atoms with Crippen LogP contribution in [0.15, 0.2) is 23.1 Å². The van der Waals surface area contributed by atoms with Crippen LogP contribution in [0.2, 0.25) is 0 Å². The predicted octanol–water partition coefficient (Wildman–Crippen LogP) is 0.146. The quantitative estimate of drug-likeness (QED) is 0.771. The van der Waals surface area contributed by atoms with Crippen LogP contribution < -0.4 is 5.56 Å². The molecular weight excluding hydrogens is 208 g/mol. The van der Waals surface area contributed by atoms with Crippen LogP contribution in [-0.4, -0.2) is 24.9 Å². The smallest absolute Gasteiger partial charge is 0.251 e.